The quantitative estimate of drug-likeness (QED) is 0.102. The molecule has 0 bridgehead atoms. The third-order valence-corrected chi connectivity index (χ3v) is 15.4. The minimum atomic E-state index is -2.77. The van der Waals surface area contributed by atoms with Crippen molar-refractivity contribution in [2.45, 2.75) is 88.7 Å². The molecule has 0 aliphatic carbocycles. The summed E-state index contributed by atoms with van der Waals surface area (Å²) in [6, 6.07) is 52.3. The number of rotatable bonds is 15. The number of ether oxygens (including phenoxy) is 5. The number of hydrogen-bond donors (Lipinski definition) is 0. The zero-order chi connectivity index (χ0) is 36.5. The molecule has 2 fully saturated rings. The standard InChI is InChI=1S/C46H52O6Si/c1-46(2,3)53(39-25-15-7-16-26-39,40-27-17-8-18-28-40)50-33-38-29-41-44(51-38)45(49-32-37-23-13-6-14-24-37)43(48-31-36-21-11-5-12-22-36)42(52-41)34-47-30-35-19-9-4-10-20-35/h4-28,38,41-45H,29-34H2,1-3H3/t38-,41+,42-,43+,44+,45+/m1/s1. The molecular formula is C46H52O6Si. The van der Waals surface area contributed by atoms with Gasteiger partial charge in [-0.05, 0) is 32.1 Å². The third-order valence-electron chi connectivity index (χ3n) is 10.4. The second kappa shape index (κ2) is 17.5. The highest BCUT2D eigenvalue weighted by molar-refractivity contribution is 6.99. The Labute approximate surface area is 316 Å². The average Bonchev–Trinajstić information content (AvgIpc) is 3.61. The van der Waals surface area contributed by atoms with E-state index in [-0.39, 0.29) is 35.6 Å². The Morgan fingerprint density at radius 2 is 1.00 bits per heavy atom. The van der Waals surface area contributed by atoms with Crippen LogP contribution in [0.15, 0.2) is 152 Å². The summed E-state index contributed by atoms with van der Waals surface area (Å²) >= 11 is 0. The van der Waals surface area contributed by atoms with Gasteiger partial charge >= 0.3 is 0 Å². The normalized spacial score (nSPS) is 23.1. The van der Waals surface area contributed by atoms with E-state index >= 15 is 0 Å². The molecule has 6 nitrogen and oxygen atoms in total. The van der Waals surface area contributed by atoms with Gasteiger partial charge in [0, 0.05) is 6.42 Å². The van der Waals surface area contributed by atoms with Crippen LogP contribution in [0.3, 0.4) is 0 Å². The Hall–Kier alpha value is -3.92. The summed E-state index contributed by atoms with van der Waals surface area (Å²) < 4.78 is 41.2. The molecule has 5 aromatic carbocycles. The van der Waals surface area contributed by atoms with Crippen molar-refractivity contribution in [1.82, 2.24) is 0 Å². The van der Waals surface area contributed by atoms with Gasteiger partial charge in [0.15, 0.2) is 0 Å². The van der Waals surface area contributed by atoms with Crippen molar-refractivity contribution >= 4 is 18.7 Å². The lowest BCUT2D eigenvalue weighted by atomic mass is 9.94. The Morgan fingerprint density at radius 1 is 0.547 bits per heavy atom. The first kappa shape index (κ1) is 37.4. The van der Waals surface area contributed by atoms with E-state index in [9.17, 15) is 0 Å². The third kappa shape index (κ3) is 8.90. The van der Waals surface area contributed by atoms with Crippen LogP contribution in [0, 0.1) is 0 Å². The van der Waals surface area contributed by atoms with E-state index in [4.69, 9.17) is 28.1 Å². The Morgan fingerprint density at radius 3 is 1.49 bits per heavy atom. The maximum atomic E-state index is 7.36. The van der Waals surface area contributed by atoms with Gasteiger partial charge < -0.3 is 28.1 Å². The van der Waals surface area contributed by atoms with Crippen molar-refractivity contribution < 1.29 is 28.1 Å². The molecule has 0 N–H and O–H groups in total. The zero-order valence-corrected chi connectivity index (χ0v) is 32.1. The molecule has 0 amide bonds. The fraction of sp³-hybridized carbons (Fsp3) is 0.348. The van der Waals surface area contributed by atoms with Gasteiger partial charge in [0.05, 0.1) is 45.2 Å². The summed E-state index contributed by atoms with van der Waals surface area (Å²) in [5, 5.41) is 2.36. The van der Waals surface area contributed by atoms with Gasteiger partial charge in [-0.15, -0.1) is 0 Å². The minimum Gasteiger partial charge on any atom is -0.405 e. The molecule has 7 rings (SSSR count). The molecule has 0 aromatic heterocycles. The van der Waals surface area contributed by atoms with Crippen molar-refractivity contribution in [3.05, 3.63) is 168 Å². The van der Waals surface area contributed by atoms with E-state index in [1.807, 2.05) is 54.6 Å². The highest BCUT2D eigenvalue weighted by atomic mass is 28.4. The van der Waals surface area contributed by atoms with E-state index in [1.54, 1.807) is 0 Å². The van der Waals surface area contributed by atoms with E-state index in [0.717, 1.165) is 16.7 Å². The molecule has 2 aliphatic rings. The molecule has 0 saturated carbocycles. The molecule has 0 radical (unpaired) electrons. The first-order chi connectivity index (χ1) is 25.9. The number of benzene rings is 5. The largest absolute Gasteiger partial charge is 0.405 e. The van der Waals surface area contributed by atoms with Gasteiger partial charge in [-0.25, -0.2) is 0 Å². The average molecular weight is 729 g/mol. The van der Waals surface area contributed by atoms with Crippen LogP contribution in [-0.2, 0) is 47.9 Å². The topological polar surface area (TPSA) is 55.4 Å². The maximum Gasteiger partial charge on any atom is 0.261 e. The van der Waals surface area contributed by atoms with E-state index in [2.05, 4.69) is 118 Å². The molecule has 276 valence electrons. The molecule has 6 atom stereocenters. The van der Waals surface area contributed by atoms with Gasteiger partial charge in [-0.3, -0.25) is 0 Å². The highest BCUT2D eigenvalue weighted by Gasteiger charge is 2.55. The van der Waals surface area contributed by atoms with Crippen molar-refractivity contribution in [1.29, 1.82) is 0 Å². The van der Waals surface area contributed by atoms with Gasteiger partial charge in [0.2, 0.25) is 0 Å². The van der Waals surface area contributed by atoms with Crippen molar-refractivity contribution in [3.63, 3.8) is 0 Å². The monoisotopic (exact) mass is 728 g/mol. The molecular weight excluding hydrogens is 677 g/mol. The summed E-state index contributed by atoms with van der Waals surface area (Å²) in [5.41, 5.74) is 3.30. The Bertz CT molecular complexity index is 1760. The van der Waals surface area contributed by atoms with E-state index < -0.39 is 14.4 Å². The summed E-state index contributed by atoms with van der Waals surface area (Å²) in [4.78, 5) is 0. The first-order valence-corrected chi connectivity index (χ1v) is 20.8. The van der Waals surface area contributed by atoms with Crippen LogP contribution in [0.1, 0.15) is 43.9 Å². The van der Waals surface area contributed by atoms with Crippen LogP contribution in [0.25, 0.3) is 0 Å². The van der Waals surface area contributed by atoms with E-state index in [1.165, 1.54) is 10.4 Å². The Kier molecular flexibility index (Phi) is 12.3. The highest BCUT2D eigenvalue weighted by Crippen LogP contribution is 2.40. The van der Waals surface area contributed by atoms with Crippen LogP contribution in [0.2, 0.25) is 5.04 Å². The summed E-state index contributed by atoms with van der Waals surface area (Å²) in [5.74, 6) is 0. The van der Waals surface area contributed by atoms with Gasteiger partial charge in [0.25, 0.3) is 8.32 Å². The maximum absolute atomic E-state index is 7.36. The molecule has 7 heteroatoms. The second-order valence-corrected chi connectivity index (χ2v) is 19.5. The minimum absolute atomic E-state index is 0.142. The summed E-state index contributed by atoms with van der Waals surface area (Å²) in [6.07, 6.45) is -1.21. The molecule has 2 heterocycles. The number of fused-ring (bicyclic) bond motifs is 1. The van der Waals surface area contributed by atoms with Crippen LogP contribution in [0.5, 0.6) is 0 Å². The van der Waals surface area contributed by atoms with E-state index in [0.29, 0.717) is 39.5 Å². The molecule has 5 aromatic rings. The van der Waals surface area contributed by atoms with Crippen molar-refractivity contribution in [3.8, 4) is 0 Å². The van der Waals surface area contributed by atoms with Gasteiger partial charge in [0.1, 0.15) is 24.4 Å². The zero-order valence-electron chi connectivity index (χ0n) is 31.1. The lowest BCUT2D eigenvalue weighted by Crippen LogP contribution is -2.67. The molecule has 0 spiro atoms. The van der Waals surface area contributed by atoms with Crippen LogP contribution in [-0.4, -0.2) is 58.2 Å². The van der Waals surface area contributed by atoms with Gasteiger partial charge in [-0.1, -0.05) is 172 Å². The van der Waals surface area contributed by atoms with Crippen molar-refractivity contribution in [2.75, 3.05) is 13.2 Å². The predicted octanol–water partition coefficient (Wildman–Crippen LogP) is 7.88. The lowest BCUT2D eigenvalue weighted by Gasteiger charge is -2.44. The summed E-state index contributed by atoms with van der Waals surface area (Å²) in [6.45, 7) is 9.07. The molecule has 53 heavy (non-hydrogen) atoms. The second-order valence-electron chi connectivity index (χ2n) is 15.2. The van der Waals surface area contributed by atoms with Crippen LogP contribution in [0.4, 0.5) is 0 Å². The molecule has 0 unspecified atom stereocenters. The van der Waals surface area contributed by atoms with Crippen LogP contribution >= 0.6 is 0 Å². The fourth-order valence-electron chi connectivity index (χ4n) is 7.89. The van der Waals surface area contributed by atoms with Gasteiger partial charge in [-0.2, -0.15) is 0 Å². The van der Waals surface area contributed by atoms with Crippen molar-refractivity contribution in [2.24, 2.45) is 0 Å². The fourth-order valence-corrected chi connectivity index (χ4v) is 12.5. The van der Waals surface area contributed by atoms with Crippen LogP contribution < -0.4 is 10.4 Å². The smallest absolute Gasteiger partial charge is 0.261 e. The number of hydrogen-bond acceptors (Lipinski definition) is 6. The molecule has 2 aliphatic heterocycles. The molecule has 2 saturated heterocycles. The Balaban J connectivity index is 1.16. The lowest BCUT2D eigenvalue weighted by molar-refractivity contribution is -0.252. The summed E-state index contributed by atoms with van der Waals surface area (Å²) in [7, 11) is -2.77. The SMILES string of the molecule is CC(C)(C)[Si](OC[C@H]1C[C@@H]2O[C@H](COCc3ccccc3)[C@H](OCc3ccccc3)[C@H](OCc3ccccc3)[C@H]2O1)(c1ccccc1)c1ccccc1. The first-order valence-electron chi connectivity index (χ1n) is 18.9. The predicted molar refractivity (Wildman–Crippen MR) is 212 cm³/mol.